The van der Waals surface area contributed by atoms with Crippen LogP contribution in [0.1, 0.15) is 53.4 Å². The first-order valence-electron chi connectivity index (χ1n) is 7.80. The van der Waals surface area contributed by atoms with E-state index in [4.69, 9.17) is 0 Å². The number of carbonyl (C=O) groups excluding carboxylic acids is 1. The highest BCUT2D eigenvalue weighted by molar-refractivity contribution is 5.94. The minimum atomic E-state index is 0.120. The number of H-pyrrole nitrogens is 1. The lowest BCUT2D eigenvalue weighted by molar-refractivity contribution is 0.101. The molecule has 1 saturated heterocycles. The molecular weight excluding hydrogens is 278 g/mol. The fourth-order valence-electron chi connectivity index (χ4n) is 3.14. The summed E-state index contributed by atoms with van der Waals surface area (Å²) in [5.41, 5.74) is 1.97. The highest BCUT2D eigenvalue weighted by Gasteiger charge is 2.25. The first kappa shape index (κ1) is 15.0. The lowest BCUT2D eigenvalue weighted by atomic mass is 9.97. The Morgan fingerprint density at radius 2 is 2.32 bits per heavy atom. The van der Waals surface area contributed by atoms with Crippen molar-refractivity contribution in [2.45, 2.75) is 39.2 Å². The van der Waals surface area contributed by atoms with Crippen LogP contribution in [-0.2, 0) is 13.6 Å². The maximum Gasteiger partial charge on any atom is 0.161 e. The molecule has 0 aliphatic carbocycles. The lowest BCUT2D eigenvalue weighted by Gasteiger charge is -2.31. The minimum Gasteiger partial charge on any atom is -0.353 e. The number of rotatable bonds is 4. The summed E-state index contributed by atoms with van der Waals surface area (Å²) in [6, 6.07) is 2.00. The Morgan fingerprint density at radius 3 is 2.95 bits per heavy atom. The molecule has 118 valence electrons. The Bertz CT molecular complexity index is 672. The molecule has 1 N–H and O–H groups in total. The van der Waals surface area contributed by atoms with Crippen molar-refractivity contribution in [2.24, 2.45) is 7.05 Å². The van der Waals surface area contributed by atoms with Gasteiger partial charge in [0.1, 0.15) is 5.82 Å². The molecule has 1 aliphatic rings. The van der Waals surface area contributed by atoms with Crippen LogP contribution in [0.15, 0.2) is 12.3 Å². The maximum absolute atomic E-state index is 11.5. The van der Waals surface area contributed by atoms with E-state index in [0.717, 1.165) is 49.7 Å². The van der Waals surface area contributed by atoms with E-state index in [1.165, 1.54) is 5.69 Å². The highest BCUT2D eigenvalue weighted by atomic mass is 16.1. The van der Waals surface area contributed by atoms with Crippen LogP contribution in [0.4, 0.5) is 0 Å². The number of Topliss-reactive ketones (excluding diaryl/α,β-unsaturated/α-hetero) is 1. The molecule has 0 spiro atoms. The van der Waals surface area contributed by atoms with Crippen LogP contribution in [0.5, 0.6) is 0 Å². The molecule has 0 aromatic carbocycles. The van der Waals surface area contributed by atoms with Crippen molar-refractivity contribution in [1.82, 2.24) is 24.6 Å². The van der Waals surface area contributed by atoms with Gasteiger partial charge in [0.2, 0.25) is 0 Å². The number of nitrogens with zero attached hydrogens (tertiary/aromatic N) is 4. The zero-order valence-corrected chi connectivity index (χ0v) is 13.5. The summed E-state index contributed by atoms with van der Waals surface area (Å²) in [4.78, 5) is 18.4. The standard InChI is InChI=1S/C16H23N5O/c1-11(22)14-7-15(20(3)8-14)10-21-6-4-5-13(9-21)16-17-12(2)18-19-16/h7-8,13H,4-6,9-10H2,1-3H3,(H,17,18,19)/t13-/m0/s1. The summed E-state index contributed by atoms with van der Waals surface area (Å²) in [5, 5.41) is 7.25. The first-order chi connectivity index (χ1) is 10.5. The molecule has 0 radical (unpaired) electrons. The van der Waals surface area contributed by atoms with Gasteiger partial charge < -0.3 is 4.57 Å². The molecule has 0 amide bonds. The van der Waals surface area contributed by atoms with Gasteiger partial charge in [-0.2, -0.15) is 5.10 Å². The SMILES string of the molecule is CC(=O)c1cc(CN2CCC[C@H](c3n[nH]c(C)n3)C2)n(C)c1. The molecule has 2 aromatic heterocycles. The quantitative estimate of drug-likeness (QED) is 0.878. The Hall–Kier alpha value is -1.95. The molecular formula is C16H23N5O. The fraction of sp³-hybridized carbons (Fsp3) is 0.562. The van der Waals surface area contributed by atoms with Crippen LogP contribution in [0.3, 0.4) is 0 Å². The van der Waals surface area contributed by atoms with Crippen LogP contribution in [0.25, 0.3) is 0 Å². The van der Waals surface area contributed by atoms with Crippen molar-refractivity contribution in [1.29, 1.82) is 0 Å². The topological polar surface area (TPSA) is 66.8 Å². The third-order valence-electron chi connectivity index (χ3n) is 4.39. The number of hydrogen-bond acceptors (Lipinski definition) is 4. The van der Waals surface area contributed by atoms with Crippen LogP contribution >= 0.6 is 0 Å². The third-order valence-corrected chi connectivity index (χ3v) is 4.39. The molecule has 6 nitrogen and oxygen atoms in total. The van der Waals surface area contributed by atoms with Gasteiger partial charge in [-0.25, -0.2) is 4.98 Å². The van der Waals surface area contributed by atoms with Gasteiger partial charge in [-0.3, -0.25) is 14.8 Å². The van der Waals surface area contributed by atoms with E-state index in [1.54, 1.807) is 6.92 Å². The van der Waals surface area contributed by atoms with Gasteiger partial charge in [-0.05, 0) is 39.3 Å². The molecule has 1 atom stereocenters. The number of hydrogen-bond donors (Lipinski definition) is 1. The zero-order chi connectivity index (χ0) is 15.7. The summed E-state index contributed by atoms with van der Waals surface area (Å²) in [5.74, 6) is 2.32. The first-order valence-corrected chi connectivity index (χ1v) is 7.80. The monoisotopic (exact) mass is 301 g/mol. The van der Waals surface area contributed by atoms with Crippen molar-refractivity contribution in [3.8, 4) is 0 Å². The number of ketones is 1. The van der Waals surface area contributed by atoms with Gasteiger partial charge in [0.05, 0.1) is 0 Å². The average Bonchev–Trinajstić information content (AvgIpc) is 3.06. The van der Waals surface area contributed by atoms with Crippen LogP contribution in [-0.4, -0.2) is 43.5 Å². The molecule has 0 saturated carbocycles. The molecule has 2 aromatic rings. The van der Waals surface area contributed by atoms with E-state index < -0.39 is 0 Å². The maximum atomic E-state index is 11.5. The molecule has 1 fully saturated rings. The Labute approximate surface area is 130 Å². The third kappa shape index (κ3) is 3.11. The second kappa shape index (κ2) is 6.04. The smallest absolute Gasteiger partial charge is 0.161 e. The number of nitrogens with one attached hydrogen (secondary N) is 1. The van der Waals surface area contributed by atoms with E-state index in [1.807, 2.05) is 26.2 Å². The Morgan fingerprint density at radius 1 is 1.50 bits per heavy atom. The van der Waals surface area contributed by atoms with E-state index >= 15 is 0 Å². The summed E-state index contributed by atoms with van der Waals surface area (Å²) >= 11 is 0. The van der Waals surface area contributed by atoms with Crippen molar-refractivity contribution >= 4 is 5.78 Å². The van der Waals surface area contributed by atoms with Crippen LogP contribution < -0.4 is 0 Å². The van der Waals surface area contributed by atoms with E-state index in [9.17, 15) is 4.79 Å². The predicted octanol–water partition coefficient (Wildman–Crippen LogP) is 2.03. The van der Waals surface area contributed by atoms with E-state index in [-0.39, 0.29) is 5.78 Å². The van der Waals surface area contributed by atoms with Crippen LogP contribution in [0.2, 0.25) is 0 Å². The molecule has 3 heterocycles. The van der Waals surface area contributed by atoms with Gasteiger partial charge in [0.15, 0.2) is 11.6 Å². The zero-order valence-electron chi connectivity index (χ0n) is 13.5. The average molecular weight is 301 g/mol. The summed E-state index contributed by atoms with van der Waals surface area (Å²) in [7, 11) is 2.00. The van der Waals surface area contributed by atoms with Crippen molar-refractivity contribution in [3.05, 3.63) is 35.2 Å². The molecule has 3 rings (SSSR count). The van der Waals surface area contributed by atoms with E-state index in [0.29, 0.717) is 5.92 Å². The van der Waals surface area contributed by atoms with Gasteiger partial charge in [-0.1, -0.05) is 0 Å². The molecule has 22 heavy (non-hydrogen) atoms. The lowest BCUT2D eigenvalue weighted by Crippen LogP contribution is -2.34. The summed E-state index contributed by atoms with van der Waals surface area (Å²) in [6.07, 6.45) is 4.21. The molecule has 0 unspecified atom stereocenters. The highest BCUT2D eigenvalue weighted by Crippen LogP contribution is 2.25. The number of carbonyl (C=O) groups is 1. The predicted molar refractivity (Wildman–Crippen MR) is 83.8 cm³/mol. The largest absolute Gasteiger partial charge is 0.353 e. The number of aromatic amines is 1. The van der Waals surface area contributed by atoms with Crippen molar-refractivity contribution < 1.29 is 4.79 Å². The Kier molecular flexibility index (Phi) is 4.11. The van der Waals surface area contributed by atoms with Crippen LogP contribution in [0, 0.1) is 6.92 Å². The van der Waals surface area contributed by atoms with Crippen molar-refractivity contribution in [3.63, 3.8) is 0 Å². The number of likely N-dealkylation sites (tertiary alicyclic amines) is 1. The van der Waals surface area contributed by atoms with Crippen molar-refractivity contribution in [2.75, 3.05) is 13.1 Å². The summed E-state index contributed by atoms with van der Waals surface area (Å²) in [6.45, 7) is 6.47. The molecule has 0 bridgehead atoms. The molecule has 1 aliphatic heterocycles. The number of piperidine rings is 1. The number of aryl methyl sites for hydroxylation is 2. The van der Waals surface area contributed by atoms with Gasteiger partial charge >= 0.3 is 0 Å². The number of aromatic nitrogens is 4. The van der Waals surface area contributed by atoms with E-state index in [2.05, 4.69) is 24.6 Å². The van der Waals surface area contributed by atoms with Gasteiger partial charge in [0.25, 0.3) is 0 Å². The second-order valence-corrected chi connectivity index (χ2v) is 6.24. The van der Waals surface area contributed by atoms with Gasteiger partial charge in [0, 0.05) is 43.5 Å². The molecule has 6 heteroatoms. The Balaban J connectivity index is 1.69. The fourth-order valence-corrected chi connectivity index (χ4v) is 3.14. The summed E-state index contributed by atoms with van der Waals surface area (Å²) < 4.78 is 2.05. The second-order valence-electron chi connectivity index (χ2n) is 6.24. The van der Waals surface area contributed by atoms with Gasteiger partial charge in [-0.15, -0.1) is 0 Å². The minimum absolute atomic E-state index is 0.120. The normalized spacial score (nSPS) is 19.5.